The standard InChI is InChI=1S/C20H33N5O3/c1-15-18(16(2)22-21-15)13-19(27)25-7-4-5-20(28,6-8-25)14-23-9-11-24(12-10-23)17(3)26/h28H,4-14H2,1-3H3,(H,21,22). The second kappa shape index (κ2) is 8.61. The third kappa shape index (κ3) is 4.91. The summed E-state index contributed by atoms with van der Waals surface area (Å²) < 4.78 is 0. The number of carbonyl (C=O) groups excluding carboxylic acids is 2. The second-order valence-electron chi connectivity index (χ2n) is 8.33. The maximum Gasteiger partial charge on any atom is 0.227 e. The van der Waals surface area contributed by atoms with Gasteiger partial charge in [-0.3, -0.25) is 19.6 Å². The number of H-pyrrole nitrogens is 1. The van der Waals surface area contributed by atoms with Crippen molar-refractivity contribution in [3.8, 4) is 0 Å². The van der Waals surface area contributed by atoms with Crippen LogP contribution in [0.15, 0.2) is 0 Å². The van der Waals surface area contributed by atoms with E-state index in [1.807, 2.05) is 23.6 Å². The summed E-state index contributed by atoms with van der Waals surface area (Å²) in [4.78, 5) is 30.2. The monoisotopic (exact) mass is 391 g/mol. The predicted molar refractivity (Wildman–Crippen MR) is 106 cm³/mol. The van der Waals surface area contributed by atoms with E-state index in [0.29, 0.717) is 38.9 Å². The van der Waals surface area contributed by atoms with Crippen molar-refractivity contribution in [1.29, 1.82) is 0 Å². The van der Waals surface area contributed by atoms with E-state index in [1.54, 1.807) is 6.92 Å². The molecule has 156 valence electrons. The second-order valence-corrected chi connectivity index (χ2v) is 8.33. The average molecular weight is 392 g/mol. The summed E-state index contributed by atoms with van der Waals surface area (Å²) >= 11 is 0. The topological polar surface area (TPSA) is 92.8 Å². The maximum absolute atomic E-state index is 12.8. The molecule has 2 saturated heterocycles. The number of piperazine rings is 1. The number of β-amino-alcohol motifs (C(OH)–C–C–N with tert-alkyl or cyclic N) is 1. The fourth-order valence-corrected chi connectivity index (χ4v) is 4.32. The summed E-state index contributed by atoms with van der Waals surface area (Å²) in [6, 6.07) is 0. The van der Waals surface area contributed by atoms with Gasteiger partial charge in [0.15, 0.2) is 0 Å². The number of likely N-dealkylation sites (tertiary alicyclic amines) is 1. The lowest BCUT2D eigenvalue weighted by molar-refractivity contribution is -0.131. The number of carbonyl (C=O) groups is 2. The van der Waals surface area contributed by atoms with E-state index in [1.165, 1.54) is 0 Å². The van der Waals surface area contributed by atoms with Crippen molar-refractivity contribution in [2.75, 3.05) is 45.8 Å². The number of nitrogens with one attached hydrogen (secondary N) is 1. The Bertz CT molecular complexity index is 691. The molecule has 2 fully saturated rings. The van der Waals surface area contributed by atoms with Crippen LogP contribution in [0.4, 0.5) is 0 Å². The van der Waals surface area contributed by atoms with Crippen LogP contribution >= 0.6 is 0 Å². The van der Waals surface area contributed by atoms with Crippen molar-refractivity contribution in [3.05, 3.63) is 17.0 Å². The van der Waals surface area contributed by atoms with Gasteiger partial charge >= 0.3 is 0 Å². The number of aryl methyl sites for hydroxylation is 2. The van der Waals surface area contributed by atoms with Crippen molar-refractivity contribution in [1.82, 2.24) is 24.9 Å². The van der Waals surface area contributed by atoms with Gasteiger partial charge in [0, 0.05) is 64.0 Å². The van der Waals surface area contributed by atoms with Crippen LogP contribution in [-0.2, 0) is 16.0 Å². The molecule has 2 N–H and O–H groups in total. The Balaban J connectivity index is 1.52. The first kappa shape index (κ1) is 20.8. The summed E-state index contributed by atoms with van der Waals surface area (Å²) in [5.74, 6) is 0.219. The molecular weight excluding hydrogens is 358 g/mol. The molecule has 0 bridgehead atoms. The van der Waals surface area contributed by atoms with Crippen LogP contribution in [0.25, 0.3) is 0 Å². The molecule has 0 aliphatic carbocycles. The Kier molecular flexibility index (Phi) is 6.40. The molecule has 1 unspecified atom stereocenters. The number of aromatic nitrogens is 2. The molecule has 3 heterocycles. The van der Waals surface area contributed by atoms with Crippen molar-refractivity contribution >= 4 is 11.8 Å². The molecule has 8 nitrogen and oxygen atoms in total. The maximum atomic E-state index is 12.8. The molecule has 2 aliphatic rings. The molecular formula is C20H33N5O3. The van der Waals surface area contributed by atoms with Crippen molar-refractivity contribution < 1.29 is 14.7 Å². The first-order chi connectivity index (χ1) is 13.3. The van der Waals surface area contributed by atoms with E-state index < -0.39 is 5.60 Å². The van der Waals surface area contributed by atoms with Crippen LogP contribution in [-0.4, -0.2) is 93.2 Å². The summed E-state index contributed by atoms with van der Waals surface area (Å²) in [7, 11) is 0. The molecule has 2 aliphatic heterocycles. The van der Waals surface area contributed by atoms with Crippen LogP contribution in [0.5, 0.6) is 0 Å². The number of hydrogen-bond donors (Lipinski definition) is 2. The Morgan fingerprint density at radius 1 is 1.07 bits per heavy atom. The quantitative estimate of drug-likeness (QED) is 0.779. The molecule has 1 aromatic rings. The summed E-state index contributed by atoms with van der Waals surface area (Å²) in [6.07, 6.45) is 2.46. The van der Waals surface area contributed by atoms with Crippen molar-refractivity contribution in [3.63, 3.8) is 0 Å². The number of aliphatic hydroxyl groups is 1. The van der Waals surface area contributed by atoms with Gasteiger partial charge in [-0.1, -0.05) is 0 Å². The molecule has 28 heavy (non-hydrogen) atoms. The molecule has 0 radical (unpaired) electrons. The molecule has 0 spiro atoms. The Labute approximate surface area is 166 Å². The zero-order valence-electron chi connectivity index (χ0n) is 17.3. The minimum Gasteiger partial charge on any atom is -0.388 e. The van der Waals surface area contributed by atoms with Gasteiger partial charge in [0.05, 0.1) is 17.7 Å². The highest BCUT2D eigenvalue weighted by atomic mass is 16.3. The molecule has 3 rings (SSSR count). The van der Waals surface area contributed by atoms with E-state index in [-0.39, 0.29) is 11.8 Å². The normalized spacial score (nSPS) is 24.3. The largest absolute Gasteiger partial charge is 0.388 e. The Morgan fingerprint density at radius 2 is 1.79 bits per heavy atom. The van der Waals surface area contributed by atoms with E-state index in [2.05, 4.69) is 15.1 Å². The van der Waals surface area contributed by atoms with Gasteiger partial charge in [-0.05, 0) is 33.1 Å². The van der Waals surface area contributed by atoms with Crippen molar-refractivity contribution in [2.45, 2.75) is 52.1 Å². The highest BCUT2D eigenvalue weighted by Gasteiger charge is 2.34. The highest BCUT2D eigenvalue weighted by molar-refractivity contribution is 5.79. The molecule has 1 aromatic heterocycles. The lowest BCUT2D eigenvalue weighted by atomic mass is 9.94. The Morgan fingerprint density at radius 3 is 2.39 bits per heavy atom. The smallest absolute Gasteiger partial charge is 0.227 e. The van der Waals surface area contributed by atoms with E-state index in [0.717, 1.165) is 49.6 Å². The fourth-order valence-electron chi connectivity index (χ4n) is 4.32. The SMILES string of the molecule is CC(=O)N1CCN(CC2(O)CCCN(C(=O)Cc3c(C)n[nH]c3C)CC2)CC1. The number of hydrogen-bond acceptors (Lipinski definition) is 5. The number of amides is 2. The zero-order chi connectivity index (χ0) is 20.3. The molecule has 2 amide bonds. The van der Waals surface area contributed by atoms with Gasteiger partial charge in [0.25, 0.3) is 0 Å². The van der Waals surface area contributed by atoms with Gasteiger partial charge in [-0.15, -0.1) is 0 Å². The van der Waals surface area contributed by atoms with E-state index in [9.17, 15) is 14.7 Å². The molecule has 8 heteroatoms. The molecule has 0 saturated carbocycles. The zero-order valence-corrected chi connectivity index (χ0v) is 17.3. The first-order valence-electron chi connectivity index (χ1n) is 10.3. The molecule has 0 aromatic carbocycles. The van der Waals surface area contributed by atoms with Gasteiger partial charge in [0.1, 0.15) is 0 Å². The Hall–Kier alpha value is -1.93. The fraction of sp³-hybridized carbons (Fsp3) is 0.750. The summed E-state index contributed by atoms with van der Waals surface area (Å²) in [6.45, 7) is 10.4. The third-order valence-electron chi connectivity index (χ3n) is 6.21. The number of nitrogens with zero attached hydrogens (tertiary/aromatic N) is 4. The van der Waals surface area contributed by atoms with E-state index in [4.69, 9.17) is 0 Å². The van der Waals surface area contributed by atoms with Crippen LogP contribution in [0.3, 0.4) is 0 Å². The third-order valence-corrected chi connectivity index (χ3v) is 6.21. The number of rotatable bonds is 4. The van der Waals surface area contributed by atoms with Gasteiger partial charge in [-0.25, -0.2) is 0 Å². The number of aromatic amines is 1. The van der Waals surface area contributed by atoms with Gasteiger partial charge in [0.2, 0.25) is 11.8 Å². The van der Waals surface area contributed by atoms with E-state index >= 15 is 0 Å². The summed E-state index contributed by atoms with van der Waals surface area (Å²) in [5.41, 5.74) is 2.03. The average Bonchev–Trinajstić information content (AvgIpc) is 2.85. The van der Waals surface area contributed by atoms with Crippen molar-refractivity contribution in [2.24, 2.45) is 0 Å². The highest BCUT2D eigenvalue weighted by Crippen LogP contribution is 2.25. The van der Waals surface area contributed by atoms with Crippen LogP contribution in [0.2, 0.25) is 0 Å². The minimum atomic E-state index is -0.769. The van der Waals surface area contributed by atoms with Crippen LogP contribution in [0, 0.1) is 13.8 Å². The van der Waals surface area contributed by atoms with Crippen LogP contribution in [0.1, 0.15) is 43.1 Å². The van der Waals surface area contributed by atoms with Gasteiger partial charge < -0.3 is 14.9 Å². The lowest BCUT2D eigenvalue weighted by Crippen LogP contribution is -2.53. The first-order valence-corrected chi connectivity index (χ1v) is 10.3. The van der Waals surface area contributed by atoms with Gasteiger partial charge in [-0.2, -0.15) is 5.10 Å². The molecule has 1 atom stereocenters. The minimum absolute atomic E-state index is 0.104. The van der Waals surface area contributed by atoms with Crippen LogP contribution < -0.4 is 0 Å². The predicted octanol–water partition coefficient (Wildman–Crippen LogP) is 0.477. The lowest BCUT2D eigenvalue weighted by Gasteiger charge is -2.39. The summed E-state index contributed by atoms with van der Waals surface area (Å²) in [5, 5.41) is 18.3.